The number of aryl methyl sites for hydroxylation is 1. The van der Waals surface area contributed by atoms with Crippen molar-refractivity contribution in [3.05, 3.63) is 29.6 Å². The molecule has 20 heavy (non-hydrogen) atoms. The maximum atomic E-state index is 13.3. The zero-order valence-corrected chi connectivity index (χ0v) is 12.4. The molecular formula is C13H19FN2O3S. The molecule has 0 radical (unpaired) electrons. The number of benzene rings is 1. The second kappa shape index (κ2) is 5.77. The van der Waals surface area contributed by atoms with Crippen molar-refractivity contribution in [2.45, 2.75) is 31.0 Å². The van der Waals surface area contributed by atoms with Gasteiger partial charge in [-0.1, -0.05) is 6.07 Å². The van der Waals surface area contributed by atoms with Gasteiger partial charge in [0.05, 0.1) is 17.1 Å². The van der Waals surface area contributed by atoms with Crippen LogP contribution in [0.3, 0.4) is 0 Å². The zero-order chi connectivity index (χ0) is 14.9. The predicted molar refractivity (Wildman–Crippen MR) is 73.3 cm³/mol. The quantitative estimate of drug-likeness (QED) is 0.899. The molecule has 0 aliphatic carbocycles. The Bertz CT molecular complexity index is 591. The highest BCUT2D eigenvalue weighted by Gasteiger charge is 2.34. The van der Waals surface area contributed by atoms with Crippen molar-refractivity contribution in [2.75, 3.05) is 19.6 Å². The molecule has 1 saturated heterocycles. The maximum absolute atomic E-state index is 13.3. The predicted octanol–water partition coefficient (Wildman–Crippen LogP) is 0.871. The molecule has 2 rings (SSSR count). The van der Waals surface area contributed by atoms with Crippen LogP contribution >= 0.6 is 0 Å². The average molecular weight is 302 g/mol. The summed E-state index contributed by atoms with van der Waals surface area (Å²) in [7, 11) is -3.73. The molecule has 1 aromatic rings. The molecule has 0 amide bonds. The molecule has 0 saturated carbocycles. The lowest BCUT2D eigenvalue weighted by Crippen LogP contribution is -2.51. The van der Waals surface area contributed by atoms with Gasteiger partial charge in [-0.3, -0.25) is 0 Å². The van der Waals surface area contributed by atoms with E-state index in [1.807, 2.05) is 0 Å². The second-order valence-electron chi connectivity index (χ2n) is 5.04. The lowest BCUT2D eigenvalue weighted by Gasteiger charge is -2.35. The van der Waals surface area contributed by atoms with Crippen LogP contribution in [0.1, 0.15) is 12.5 Å². The summed E-state index contributed by atoms with van der Waals surface area (Å²) in [6.07, 6.45) is -0.566. The summed E-state index contributed by atoms with van der Waals surface area (Å²) in [6, 6.07) is 3.77. The van der Waals surface area contributed by atoms with E-state index in [0.717, 1.165) is 6.07 Å². The van der Waals surface area contributed by atoms with Crippen molar-refractivity contribution in [1.29, 1.82) is 0 Å². The van der Waals surface area contributed by atoms with Crippen LogP contribution in [0.5, 0.6) is 0 Å². The molecule has 0 aromatic heterocycles. The van der Waals surface area contributed by atoms with Crippen molar-refractivity contribution in [1.82, 2.24) is 4.31 Å². The van der Waals surface area contributed by atoms with Gasteiger partial charge in [-0.2, -0.15) is 4.31 Å². The number of nitrogens with zero attached hydrogens (tertiary/aromatic N) is 1. The summed E-state index contributed by atoms with van der Waals surface area (Å²) in [4.78, 5) is 0.00220. The first-order chi connectivity index (χ1) is 9.34. The molecule has 1 aromatic carbocycles. The highest BCUT2D eigenvalue weighted by Crippen LogP contribution is 2.24. The molecular weight excluding hydrogens is 283 g/mol. The van der Waals surface area contributed by atoms with E-state index in [0.29, 0.717) is 5.56 Å². The summed E-state index contributed by atoms with van der Waals surface area (Å²) >= 11 is 0. The smallest absolute Gasteiger partial charge is 0.243 e. The molecule has 2 unspecified atom stereocenters. The topological polar surface area (TPSA) is 72.6 Å². The first-order valence-electron chi connectivity index (χ1n) is 6.46. The van der Waals surface area contributed by atoms with Gasteiger partial charge in [0.1, 0.15) is 5.82 Å². The fourth-order valence-corrected chi connectivity index (χ4v) is 4.10. The van der Waals surface area contributed by atoms with E-state index in [-0.39, 0.29) is 36.7 Å². The zero-order valence-electron chi connectivity index (χ0n) is 11.5. The van der Waals surface area contributed by atoms with Gasteiger partial charge in [-0.05, 0) is 31.5 Å². The number of sulfonamides is 1. The number of morpholine rings is 1. The van der Waals surface area contributed by atoms with Crippen LogP contribution in [0, 0.1) is 12.7 Å². The second-order valence-corrected chi connectivity index (χ2v) is 6.94. The minimum absolute atomic E-state index is 0.00220. The number of hydrogen-bond donors (Lipinski definition) is 1. The summed E-state index contributed by atoms with van der Waals surface area (Å²) in [5.41, 5.74) is 6.08. The Morgan fingerprint density at radius 1 is 1.45 bits per heavy atom. The highest BCUT2D eigenvalue weighted by atomic mass is 32.2. The summed E-state index contributed by atoms with van der Waals surface area (Å²) < 4.78 is 45.5. The van der Waals surface area contributed by atoms with Crippen molar-refractivity contribution in [3.8, 4) is 0 Å². The van der Waals surface area contributed by atoms with Crippen LogP contribution in [0.4, 0.5) is 4.39 Å². The number of nitrogens with two attached hydrogens (primary N) is 1. The third-order valence-corrected chi connectivity index (χ3v) is 5.30. The van der Waals surface area contributed by atoms with Gasteiger partial charge in [0.2, 0.25) is 10.0 Å². The molecule has 2 atom stereocenters. The first kappa shape index (κ1) is 15.4. The van der Waals surface area contributed by atoms with Crippen molar-refractivity contribution in [2.24, 2.45) is 5.73 Å². The standard InChI is InChI=1S/C13H19FN2O3S/c1-9-3-4-11(14)5-13(9)20(17,18)16-7-10(2)19-12(6-15)8-16/h3-5,10,12H,6-8,15H2,1-2H3. The third-order valence-electron chi connectivity index (χ3n) is 3.32. The summed E-state index contributed by atoms with van der Waals surface area (Å²) in [5.74, 6) is -0.564. The van der Waals surface area contributed by atoms with Gasteiger partial charge in [-0.15, -0.1) is 0 Å². The Hall–Kier alpha value is -1.02. The fourth-order valence-electron chi connectivity index (χ4n) is 2.32. The number of ether oxygens (including phenoxy) is 1. The number of halogens is 1. The van der Waals surface area contributed by atoms with E-state index >= 15 is 0 Å². The summed E-state index contributed by atoms with van der Waals surface area (Å²) in [5, 5.41) is 0. The lowest BCUT2D eigenvalue weighted by molar-refractivity contribution is -0.0486. The number of hydrogen-bond acceptors (Lipinski definition) is 4. The Morgan fingerprint density at radius 2 is 2.15 bits per heavy atom. The molecule has 112 valence electrons. The van der Waals surface area contributed by atoms with Gasteiger partial charge in [0.15, 0.2) is 0 Å². The molecule has 5 nitrogen and oxygen atoms in total. The van der Waals surface area contributed by atoms with Crippen LogP contribution in [0.2, 0.25) is 0 Å². The largest absolute Gasteiger partial charge is 0.371 e. The van der Waals surface area contributed by atoms with E-state index in [2.05, 4.69) is 0 Å². The third kappa shape index (κ3) is 3.01. The van der Waals surface area contributed by atoms with Crippen LogP contribution in [0.15, 0.2) is 23.1 Å². The van der Waals surface area contributed by atoms with Gasteiger partial charge < -0.3 is 10.5 Å². The van der Waals surface area contributed by atoms with E-state index in [1.165, 1.54) is 16.4 Å². The normalized spacial score (nSPS) is 24.8. The Labute approximate surface area is 118 Å². The first-order valence-corrected chi connectivity index (χ1v) is 7.90. The SMILES string of the molecule is Cc1ccc(F)cc1S(=O)(=O)N1CC(C)OC(CN)C1. The average Bonchev–Trinajstić information content (AvgIpc) is 2.40. The number of rotatable bonds is 3. The maximum Gasteiger partial charge on any atom is 0.243 e. The Morgan fingerprint density at radius 3 is 2.80 bits per heavy atom. The molecule has 1 heterocycles. The molecule has 2 N–H and O–H groups in total. The van der Waals surface area contributed by atoms with Gasteiger partial charge in [-0.25, -0.2) is 12.8 Å². The molecule has 1 aliphatic rings. The van der Waals surface area contributed by atoms with Crippen molar-refractivity contribution >= 4 is 10.0 Å². The molecule has 1 aliphatic heterocycles. The van der Waals surface area contributed by atoms with Crippen LogP contribution in [0.25, 0.3) is 0 Å². The Kier molecular flexibility index (Phi) is 4.43. The molecule has 1 fully saturated rings. The van der Waals surface area contributed by atoms with Crippen LogP contribution in [-0.2, 0) is 14.8 Å². The minimum atomic E-state index is -3.73. The van der Waals surface area contributed by atoms with E-state index < -0.39 is 15.8 Å². The van der Waals surface area contributed by atoms with Crippen molar-refractivity contribution < 1.29 is 17.5 Å². The van der Waals surface area contributed by atoms with E-state index in [1.54, 1.807) is 13.8 Å². The Balaban J connectivity index is 2.36. The summed E-state index contributed by atoms with van der Waals surface area (Å²) in [6.45, 7) is 4.13. The van der Waals surface area contributed by atoms with Gasteiger partial charge >= 0.3 is 0 Å². The highest BCUT2D eigenvalue weighted by molar-refractivity contribution is 7.89. The molecule has 7 heteroatoms. The van der Waals surface area contributed by atoms with Gasteiger partial charge in [0, 0.05) is 19.6 Å². The van der Waals surface area contributed by atoms with E-state index in [9.17, 15) is 12.8 Å². The lowest BCUT2D eigenvalue weighted by atomic mass is 10.2. The van der Waals surface area contributed by atoms with Crippen LogP contribution in [-0.4, -0.2) is 44.6 Å². The van der Waals surface area contributed by atoms with Crippen molar-refractivity contribution in [3.63, 3.8) is 0 Å². The molecule has 0 spiro atoms. The molecule has 0 bridgehead atoms. The van der Waals surface area contributed by atoms with Gasteiger partial charge in [0.25, 0.3) is 0 Å². The monoisotopic (exact) mass is 302 g/mol. The van der Waals surface area contributed by atoms with E-state index in [4.69, 9.17) is 10.5 Å². The van der Waals surface area contributed by atoms with Crippen LogP contribution < -0.4 is 5.73 Å². The fraction of sp³-hybridized carbons (Fsp3) is 0.538. The minimum Gasteiger partial charge on any atom is -0.371 e.